The van der Waals surface area contributed by atoms with Gasteiger partial charge in [-0.05, 0) is 66.4 Å². The number of carbonyl (C=O) groups excluding carboxylic acids is 1. The largest absolute Gasteiger partial charge is 0.351 e. The lowest BCUT2D eigenvalue weighted by Crippen LogP contribution is -2.50. The molecule has 1 aromatic carbocycles. The van der Waals surface area contributed by atoms with Gasteiger partial charge in [-0.3, -0.25) is 4.79 Å². The summed E-state index contributed by atoms with van der Waals surface area (Å²) in [6.07, 6.45) is 4.33. The van der Waals surface area contributed by atoms with Gasteiger partial charge in [0.15, 0.2) is 5.65 Å². The van der Waals surface area contributed by atoms with Crippen LogP contribution in [0, 0.1) is 12.3 Å². The Bertz CT molecular complexity index is 1450. The smallest absolute Gasteiger partial charge is 0.228 e. The van der Waals surface area contributed by atoms with Crippen molar-refractivity contribution >= 4 is 50.2 Å². The van der Waals surface area contributed by atoms with E-state index in [1.165, 1.54) is 0 Å². The van der Waals surface area contributed by atoms with E-state index in [-0.39, 0.29) is 17.4 Å². The molecule has 37 heavy (non-hydrogen) atoms. The number of amides is 1. The molecule has 192 valence electrons. The molecule has 2 aliphatic rings. The van der Waals surface area contributed by atoms with Crippen molar-refractivity contribution in [2.45, 2.75) is 39.2 Å². The second-order valence-corrected chi connectivity index (χ2v) is 11.9. The Kier molecular flexibility index (Phi) is 6.41. The number of nitrogens with zero attached hydrogens (tertiary/aromatic N) is 7. The first-order valence-corrected chi connectivity index (χ1v) is 14.1. The van der Waals surface area contributed by atoms with Gasteiger partial charge in [0.05, 0.1) is 11.1 Å². The van der Waals surface area contributed by atoms with E-state index in [2.05, 4.69) is 53.8 Å². The van der Waals surface area contributed by atoms with Crippen molar-refractivity contribution in [3.8, 4) is 16.3 Å². The molecule has 0 bridgehead atoms. The van der Waals surface area contributed by atoms with Crippen molar-refractivity contribution in [1.82, 2.24) is 40.2 Å². The van der Waals surface area contributed by atoms with Crippen molar-refractivity contribution in [3.05, 3.63) is 40.1 Å². The van der Waals surface area contributed by atoms with Gasteiger partial charge in [0.1, 0.15) is 14.6 Å². The van der Waals surface area contributed by atoms with Gasteiger partial charge < -0.3 is 15.5 Å². The Labute approximate surface area is 227 Å². The van der Waals surface area contributed by atoms with Gasteiger partial charge in [-0.15, -0.1) is 10.2 Å². The number of piperazine rings is 1. The van der Waals surface area contributed by atoms with E-state index < -0.39 is 0 Å². The van der Waals surface area contributed by atoms with Crippen LogP contribution in [0.15, 0.2) is 35.1 Å². The Morgan fingerprint density at radius 1 is 1.22 bits per heavy atom. The van der Waals surface area contributed by atoms with Gasteiger partial charge in [0.25, 0.3) is 0 Å². The van der Waals surface area contributed by atoms with Crippen LogP contribution in [0.25, 0.3) is 27.3 Å². The minimum atomic E-state index is -0.350. The molecule has 0 spiro atoms. The average molecular weight is 583 g/mol. The van der Waals surface area contributed by atoms with Crippen LogP contribution >= 0.6 is 27.3 Å². The Balaban J connectivity index is 1.21. The molecule has 6 rings (SSSR count). The summed E-state index contributed by atoms with van der Waals surface area (Å²) in [5, 5.41) is 22.5. The number of nitrogens with one attached hydrogen (secondary N) is 2. The minimum Gasteiger partial charge on any atom is -0.351 e. The maximum atomic E-state index is 13.2. The van der Waals surface area contributed by atoms with Crippen LogP contribution in [0.3, 0.4) is 0 Å². The molecule has 1 saturated carbocycles. The number of anilines is 1. The maximum absolute atomic E-state index is 13.2. The fourth-order valence-electron chi connectivity index (χ4n) is 5.27. The van der Waals surface area contributed by atoms with Gasteiger partial charge >= 0.3 is 0 Å². The zero-order valence-electron chi connectivity index (χ0n) is 20.7. The van der Waals surface area contributed by atoms with Crippen LogP contribution in [0.1, 0.15) is 31.2 Å². The monoisotopic (exact) mass is 581 g/mol. The summed E-state index contributed by atoms with van der Waals surface area (Å²) in [6.45, 7) is 7.35. The summed E-state index contributed by atoms with van der Waals surface area (Å²) in [7, 11) is 0. The third-order valence-corrected chi connectivity index (χ3v) is 8.73. The number of rotatable bonds is 5. The highest BCUT2D eigenvalue weighted by atomic mass is 79.9. The second kappa shape index (κ2) is 9.73. The lowest BCUT2D eigenvalue weighted by atomic mass is 9.86. The number of aromatic nitrogens is 6. The fraction of sp³-hybridized carbons (Fsp3) is 0.440. The molecule has 4 heterocycles. The lowest BCUT2D eigenvalue weighted by Gasteiger charge is -2.34. The van der Waals surface area contributed by atoms with E-state index in [9.17, 15) is 4.79 Å². The molecule has 1 aliphatic carbocycles. The van der Waals surface area contributed by atoms with Gasteiger partial charge in [0, 0.05) is 49.4 Å². The van der Waals surface area contributed by atoms with Gasteiger partial charge in [-0.25, -0.2) is 9.67 Å². The molecule has 12 heteroatoms. The molecule has 1 aliphatic heterocycles. The van der Waals surface area contributed by atoms with Crippen molar-refractivity contribution in [1.29, 1.82) is 0 Å². The summed E-state index contributed by atoms with van der Waals surface area (Å²) in [5.41, 5.74) is 2.26. The number of aryl methyl sites for hydroxylation is 1. The second-order valence-electron chi connectivity index (χ2n) is 9.99. The van der Waals surface area contributed by atoms with Crippen LogP contribution < -0.4 is 10.6 Å². The highest BCUT2D eigenvalue weighted by Crippen LogP contribution is 2.40. The van der Waals surface area contributed by atoms with Gasteiger partial charge in [-0.1, -0.05) is 18.3 Å². The topological polar surface area (TPSA) is 114 Å². The van der Waals surface area contributed by atoms with E-state index in [1.54, 1.807) is 17.5 Å². The predicted molar refractivity (Wildman–Crippen MR) is 147 cm³/mol. The molecule has 10 nitrogen and oxygen atoms in total. The first-order valence-electron chi connectivity index (χ1n) is 12.5. The van der Waals surface area contributed by atoms with Gasteiger partial charge in [0.2, 0.25) is 11.9 Å². The SMILES string of the molecule is Cc1nnc(-c2ccc(-n3nc(Br)c4cnc(N[C@@H]5CC[C@@](C)(C(=O)N6CCNCC6)C5)nc43)cc2)s1. The molecule has 2 fully saturated rings. The quantitative estimate of drug-likeness (QED) is 0.366. The summed E-state index contributed by atoms with van der Waals surface area (Å²) in [4.78, 5) is 24.6. The van der Waals surface area contributed by atoms with E-state index >= 15 is 0 Å². The van der Waals surface area contributed by atoms with Crippen molar-refractivity contribution in [2.24, 2.45) is 5.41 Å². The molecule has 1 saturated heterocycles. The highest BCUT2D eigenvalue weighted by Gasteiger charge is 2.43. The molecule has 2 N–H and O–H groups in total. The zero-order valence-corrected chi connectivity index (χ0v) is 23.1. The molecular formula is C25H28BrN9OS. The number of hydrogen-bond acceptors (Lipinski definition) is 9. The molecule has 1 amide bonds. The zero-order chi connectivity index (χ0) is 25.6. The standard InChI is InChI=1S/C25H28BrN9OS/c1-15-31-32-22(37-15)16-3-5-18(6-4-16)35-21-19(20(26)33-35)14-28-24(30-21)29-17-7-8-25(2,13-17)23(36)34-11-9-27-10-12-34/h3-6,14,17,27H,7-13H2,1-2H3,(H,28,29,30)/t17-,25-/m1/s1. The molecule has 0 unspecified atom stereocenters. The Morgan fingerprint density at radius 2 is 2.00 bits per heavy atom. The minimum absolute atomic E-state index is 0.142. The van der Waals surface area contributed by atoms with Crippen molar-refractivity contribution < 1.29 is 4.79 Å². The summed E-state index contributed by atoms with van der Waals surface area (Å²) < 4.78 is 2.50. The number of carbonyl (C=O) groups is 1. The molecular weight excluding hydrogens is 554 g/mol. The third-order valence-electron chi connectivity index (χ3n) is 7.26. The van der Waals surface area contributed by atoms with E-state index in [0.29, 0.717) is 16.2 Å². The van der Waals surface area contributed by atoms with E-state index in [0.717, 1.165) is 72.1 Å². The molecule has 2 atom stereocenters. The van der Waals surface area contributed by atoms with Crippen LogP contribution in [0.2, 0.25) is 0 Å². The van der Waals surface area contributed by atoms with Crippen molar-refractivity contribution in [3.63, 3.8) is 0 Å². The first-order chi connectivity index (χ1) is 17.9. The maximum Gasteiger partial charge on any atom is 0.228 e. The highest BCUT2D eigenvalue weighted by molar-refractivity contribution is 9.10. The Hall–Kier alpha value is -2.96. The number of hydrogen-bond donors (Lipinski definition) is 2. The van der Waals surface area contributed by atoms with Crippen LogP contribution in [0.4, 0.5) is 5.95 Å². The first kappa shape index (κ1) is 24.4. The van der Waals surface area contributed by atoms with Crippen LogP contribution in [-0.2, 0) is 4.79 Å². The third kappa shape index (κ3) is 4.73. The normalized spacial score (nSPS) is 22.0. The average Bonchev–Trinajstić information content (AvgIpc) is 3.62. The predicted octanol–water partition coefficient (Wildman–Crippen LogP) is 3.81. The molecule has 4 aromatic rings. The van der Waals surface area contributed by atoms with E-state index in [1.807, 2.05) is 40.8 Å². The van der Waals surface area contributed by atoms with E-state index in [4.69, 9.17) is 4.98 Å². The number of fused-ring (bicyclic) bond motifs is 1. The summed E-state index contributed by atoms with van der Waals surface area (Å²) in [5.74, 6) is 0.815. The fourth-order valence-corrected chi connectivity index (χ4v) is 6.40. The van der Waals surface area contributed by atoms with Gasteiger partial charge in [-0.2, -0.15) is 10.1 Å². The van der Waals surface area contributed by atoms with Crippen LogP contribution in [-0.4, -0.2) is 73.0 Å². The molecule has 3 aromatic heterocycles. The summed E-state index contributed by atoms with van der Waals surface area (Å²) >= 11 is 5.12. The Morgan fingerprint density at radius 3 is 2.73 bits per heavy atom. The lowest BCUT2D eigenvalue weighted by molar-refractivity contribution is -0.141. The number of halogens is 1. The van der Waals surface area contributed by atoms with Crippen LogP contribution in [0.5, 0.6) is 0 Å². The number of benzene rings is 1. The summed E-state index contributed by atoms with van der Waals surface area (Å²) in [6, 6.07) is 8.19. The van der Waals surface area contributed by atoms with Crippen molar-refractivity contribution in [2.75, 3.05) is 31.5 Å². The molecule has 0 radical (unpaired) electrons.